The molecule has 0 aromatic carbocycles. The van der Waals surface area contributed by atoms with E-state index in [9.17, 15) is 28.8 Å². The zero-order chi connectivity index (χ0) is 52.2. The summed E-state index contributed by atoms with van der Waals surface area (Å²) in [4.78, 5) is 82.9. The number of methoxy groups -OCH3 is 1. The third-order valence-electron chi connectivity index (χ3n) is 16.9. The van der Waals surface area contributed by atoms with Gasteiger partial charge in [0.15, 0.2) is 13.6 Å². The topological polar surface area (TPSA) is 235 Å². The average Bonchev–Trinajstić information content (AvgIpc) is 4.17. The molecule has 18 unspecified atom stereocenters. The van der Waals surface area contributed by atoms with Crippen LogP contribution < -0.4 is 0 Å². The van der Waals surface area contributed by atoms with Gasteiger partial charge in [0.2, 0.25) is 0 Å². The Morgan fingerprint density at radius 3 is 1.19 bits per heavy atom. The maximum atomic E-state index is 12.7. The number of fused-ring (bicyclic) bond motifs is 6. The third-order valence-corrected chi connectivity index (χ3v) is 16.9. The Balaban J connectivity index is 0.000000230. The van der Waals surface area contributed by atoms with E-state index in [1.54, 1.807) is 0 Å². The summed E-state index contributed by atoms with van der Waals surface area (Å²) in [5, 5.41) is 16.7. The first-order chi connectivity index (χ1) is 33.1. The molecule has 0 radical (unpaired) electrons. The minimum Gasteiger partial charge on any atom is -0.469 e. The van der Waals surface area contributed by atoms with Crippen molar-refractivity contribution >= 4 is 35.8 Å². The minimum atomic E-state index is -0.569. The fourth-order valence-electron chi connectivity index (χ4n) is 12.9. The Morgan fingerprint density at radius 2 is 0.843 bits per heavy atom. The van der Waals surface area contributed by atoms with E-state index in [2.05, 4.69) is 57.9 Å². The van der Waals surface area contributed by atoms with Crippen molar-refractivity contribution in [3.63, 3.8) is 0 Å². The number of carbonyl (C=O) groups is 6. The zero-order valence-corrected chi connectivity index (χ0v) is 43.7. The van der Waals surface area contributed by atoms with Crippen LogP contribution >= 0.6 is 0 Å². The van der Waals surface area contributed by atoms with Crippen molar-refractivity contribution in [1.82, 2.24) is 0 Å². The van der Waals surface area contributed by atoms with E-state index < -0.39 is 29.3 Å². The molecule has 0 spiro atoms. The monoisotopic (exact) mass is 997 g/mol. The van der Waals surface area contributed by atoms with Gasteiger partial charge in [-0.3, -0.25) is 39.3 Å². The van der Waals surface area contributed by atoms with Gasteiger partial charge in [-0.1, -0.05) is 48.1 Å². The zero-order valence-electron chi connectivity index (χ0n) is 43.7. The van der Waals surface area contributed by atoms with Crippen LogP contribution in [-0.2, 0) is 76.4 Å². The molecule has 0 aromatic rings. The van der Waals surface area contributed by atoms with E-state index in [0.717, 1.165) is 19.3 Å². The summed E-state index contributed by atoms with van der Waals surface area (Å²) in [5.74, 6) is -1.04. The van der Waals surface area contributed by atoms with Crippen LogP contribution in [0.4, 0.5) is 0 Å². The Hall–Kier alpha value is -3.68. The summed E-state index contributed by atoms with van der Waals surface area (Å²) in [6, 6.07) is 0. The summed E-state index contributed by atoms with van der Waals surface area (Å²) < 4.78 is 41.8. The molecular weight excluding hydrogens is 913 g/mol. The molecule has 0 saturated heterocycles. The van der Waals surface area contributed by atoms with Crippen LogP contribution in [-0.4, -0.2) is 112 Å². The van der Waals surface area contributed by atoms with Gasteiger partial charge in [-0.15, -0.1) is 0 Å². The lowest BCUT2D eigenvalue weighted by Gasteiger charge is -2.37. The molecule has 0 aromatic heterocycles. The van der Waals surface area contributed by atoms with Gasteiger partial charge >= 0.3 is 35.8 Å². The van der Waals surface area contributed by atoms with Crippen molar-refractivity contribution in [2.45, 2.75) is 114 Å². The van der Waals surface area contributed by atoms with Crippen LogP contribution in [0.3, 0.4) is 0 Å². The Morgan fingerprint density at radius 1 is 0.500 bits per heavy atom. The lowest BCUT2D eigenvalue weighted by atomic mass is 9.69. The van der Waals surface area contributed by atoms with Gasteiger partial charge in [0, 0.05) is 19.6 Å². The number of esters is 6. The summed E-state index contributed by atoms with van der Waals surface area (Å²) >= 11 is 0. The van der Waals surface area contributed by atoms with Gasteiger partial charge in [-0.05, 0) is 137 Å². The second-order valence-corrected chi connectivity index (χ2v) is 21.5. The maximum Gasteiger partial charge on any atom is 0.312 e. The molecule has 0 heterocycles. The lowest BCUT2D eigenvalue weighted by Crippen LogP contribution is -2.44. The van der Waals surface area contributed by atoms with E-state index in [1.165, 1.54) is 7.11 Å². The largest absolute Gasteiger partial charge is 0.469 e. The van der Waals surface area contributed by atoms with Gasteiger partial charge in [0.05, 0.1) is 62.4 Å². The summed E-state index contributed by atoms with van der Waals surface area (Å²) in [6.45, 7) is 27.2. The van der Waals surface area contributed by atoms with Crippen molar-refractivity contribution in [1.29, 1.82) is 0 Å². The highest BCUT2D eigenvalue weighted by Gasteiger charge is 2.63. The van der Waals surface area contributed by atoms with Gasteiger partial charge in [0.25, 0.3) is 0 Å². The van der Waals surface area contributed by atoms with E-state index in [4.69, 9.17) is 48.4 Å². The molecule has 18 heteroatoms. The fraction of sp³-hybridized carbons (Fsp3) is 0.846. The molecule has 6 aliphatic rings. The van der Waals surface area contributed by atoms with Crippen molar-refractivity contribution in [2.75, 3.05) is 60.3 Å². The van der Waals surface area contributed by atoms with Crippen molar-refractivity contribution in [3.05, 3.63) is 12.2 Å². The normalized spacial score (nSPS) is 35.2. The Labute approximate surface area is 414 Å². The smallest absolute Gasteiger partial charge is 0.312 e. The second-order valence-electron chi connectivity index (χ2n) is 21.5. The van der Waals surface area contributed by atoms with Gasteiger partial charge in [-0.25, -0.2) is 9.78 Å². The second kappa shape index (κ2) is 26.9. The van der Waals surface area contributed by atoms with Crippen LogP contribution in [0.25, 0.3) is 0 Å². The molecule has 0 aliphatic heterocycles. The maximum absolute atomic E-state index is 12.7. The molecule has 18 atom stereocenters. The lowest BCUT2D eigenvalue weighted by molar-refractivity contribution is -0.244. The van der Waals surface area contributed by atoms with E-state index in [0.29, 0.717) is 67.1 Å². The Kier molecular flexibility index (Phi) is 22.6. The van der Waals surface area contributed by atoms with Crippen LogP contribution in [0.1, 0.15) is 108 Å². The van der Waals surface area contributed by atoms with Gasteiger partial charge in [-0.2, -0.15) is 0 Å². The van der Waals surface area contributed by atoms with Crippen molar-refractivity contribution < 1.29 is 87.0 Å². The predicted octanol–water partition coefficient (Wildman–Crippen LogP) is 7.41. The first kappa shape index (κ1) is 58.9. The molecule has 400 valence electrons. The quantitative estimate of drug-likeness (QED) is 0.0217. The molecule has 70 heavy (non-hydrogen) atoms. The highest BCUT2D eigenvalue weighted by molar-refractivity contribution is 5.85. The van der Waals surface area contributed by atoms with Crippen molar-refractivity contribution in [3.8, 4) is 0 Å². The van der Waals surface area contributed by atoms with Crippen molar-refractivity contribution in [2.24, 2.45) is 107 Å². The third kappa shape index (κ3) is 13.9. The van der Waals surface area contributed by atoms with Crippen LogP contribution in [0, 0.1) is 107 Å². The van der Waals surface area contributed by atoms with Gasteiger partial charge in [0.1, 0.15) is 12.2 Å². The first-order valence-electron chi connectivity index (χ1n) is 25.4. The molecule has 6 aliphatic carbocycles. The first-order valence-corrected chi connectivity index (χ1v) is 25.4. The predicted molar refractivity (Wildman–Crippen MR) is 251 cm³/mol. The minimum absolute atomic E-state index is 0.0406. The number of rotatable bonds is 21. The molecule has 0 amide bonds. The SMILES string of the molecule is C=C(CCOO)COC(=O)C1C2CC(C(C)C2C)C1C(=O)OCOCC.CC1C(C)C2CC1C(C(=O)OCCCOO)C2C(=O)OC(C)(C)C.CCOCOC(=O)C1C2CC(C(C)C2C)C1C(=O)OC. The van der Waals surface area contributed by atoms with E-state index in [-0.39, 0.29) is 123 Å². The van der Waals surface area contributed by atoms with Crippen LogP contribution in [0.5, 0.6) is 0 Å². The van der Waals surface area contributed by atoms with Crippen LogP contribution in [0.15, 0.2) is 12.2 Å². The number of hydrogen-bond donors (Lipinski definition) is 2. The summed E-state index contributed by atoms with van der Waals surface area (Å²) in [6.07, 6.45) is 3.46. The standard InChI is InChI=1S/C19H30O7.C18H30O6.C15H24O5/c1-5-23-10-25-19(21)17-15-8-14(12(3)13(15)4)16(17)18(20)24-9-11(2)6-7-26-22;1-10-11(2)13-9-12(10)14(16(19)22-7-6-8-23-21)15(13)17(20)24-18(3,4)5;1-5-19-7-20-15(17)13-11-6-10(8(2)9(11)3)12(13)14(16)18-4/h12-17,22H,2,5-10H2,1,3-4H3;10-15,21H,6-9H2,1-5H3;8-13H,5-7H2,1-4H3. The molecule has 6 saturated carbocycles. The molecule has 18 nitrogen and oxygen atoms in total. The number of hydrogen-bond acceptors (Lipinski definition) is 18. The van der Waals surface area contributed by atoms with Gasteiger partial charge < -0.3 is 37.9 Å². The molecule has 2 N–H and O–H groups in total. The average molecular weight is 997 g/mol. The Bertz CT molecular complexity index is 1760. The molecular formula is C52H84O18. The summed E-state index contributed by atoms with van der Waals surface area (Å²) in [7, 11) is 1.38. The van der Waals surface area contributed by atoms with E-state index >= 15 is 0 Å². The summed E-state index contributed by atoms with van der Waals surface area (Å²) in [5.41, 5.74) is 0.0770. The molecule has 6 rings (SSSR count). The highest BCUT2D eigenvalue weighted by Crippen LogP contribution is 2.61. The number of ether oxygens (including phenoxy) is 8. The molecule has 6 fully saturated rings. The molecule has 6 bridgehead atoms. The highest BCUT2D eigenvalue weighted by atomic mass is 17.1. The van der Waals surface area contributed by atoms with Crippen LogP contribution in [0.2, 0.25) is 0 Å². The number of carbonyl (C=O) groups excluding carboxylic acids is 6. The van der Waals surface area contributed by atoms with E-state index in [1.807, 2.05) is 34.6 Å². The fourth-order valence-corrected chi connectivity index (χ4v) is 12.9.